The Balaban J connectivity index is 1.68. The Bertz CT molecular complexity index is 622. The second-order valence-corrected chi connectivity index (χ2v) is 6.52. The maximum atomic E-state index is 12.4. The van der Waals surface area contributed by atoms with Crippen LogP contribution in [0.4, 0.5) is 0 Å². The third-order valence-electron chi connectivity index (χ3n) is 3.71. The van der Waals surface area contributed by atoms with Crippen molar-refractivity contribution in [3.05, 3.63) is 41.4 Å². The molecular weight excluding hydrogens is 284 g/mol. The van der Waals surface area contributed by atoms with Gasteiger partial charge in [0.15, 0.2) is 0 Å². The number of rotatable bonds is 5. The molecule has 1 heterocycles. The Morgan fingerprint density at radius 2 is 2.14 bits per heavy atom. The minimum Gasteiger partial charge on any atom is -0.391 e. The first-order valence-corrected chi connectivity index (χ1v) is 7.91. The molecule has 1 unspecified atom stereocenters. The molecule has 1 aliphatic rings. The van der Waals surface area contributed by atoms with Gasteiger partial charge in [-0.15, -0.1) is 11.3 Å². The van der Waals surface area contributed by atoms with Crippen molar-refractivity contribution in [2.24, 2.45) is 5.92 Å². The zero-order valence-electron chi connectivity index (χ0n) is 11.9. The first-order valence-electron chi connectivity index (χ1n) is 7.10. The smallest absolute Gasteiger partial charge is 0.265 e. The number of hydrogen-bond acceptors (Lipinski definition) is 4. The summed E-state index contributed by atoms with van der Waals surface area (Å²) in [4.78, 5) is 18.9. The van der Waals surface area contributed by atoms with Gasteiger partial charge >= 0.3 is 0 Å². The van der Waals surface area contributed by atoms with Crippen LogP contribution >= 0.6 is 11.3 Å². The fraction of sp³-hybridized carbons (Fsp3) is 0.375. The Morgan fingerprint density at radius 1 is 1.43 bits per heavy atom. The molecule has 2 aromatic rings. The van der Waals surface area contributed by atoms with Crippen molar-refractivity contribution in [3.8, 4) is 10.6 Å². The van der Waals surface area contributed by atoms with Gasteiger partial charge in [0.1, 0.15) is 9.88 Å². The van der Waals surface area contributed by atoms with Crippen LogP contribution in [0, 0.1) is 5.92 Å². The molecule has 0 bridgehead atoms. The van der Waals surface area contributed by atoms with Crippen molar-refractivity contribution in [1.29, 1.82) is 0 Å². The highest BCUT2D eigenvalue weighted by molar-refractivity contribution is 7.16. The van der Waals surface area contributed by atoms with E-state index >= 15 is 0 Å². The highest BCUT2D eigenvalue weighted by Crippen LogP contribution is 2.33. The van der Waals surface area contributed by atoms with E-state index in [1.807, 2.05) is 30.3 Å². The van der Waals surface area contributed by atoms with E-state index in [0.29, 0.717) is 17.3 Å². The fourth-order valence-electron chi connectivity index (χ4n) is 2.27. The molecule has 1 atom stereocenters. The normalized spacial score (nSPS) is 15.7. The summed E-state index contributed by atoms with van der Waals surface area (Å²) in [6, 6.07) is 9.82. The molecule has 110 valence electrons. The summed E-state index contributed by atoms with van der Waals surface area (Å²) in [7, 11) is 1.73. The number of likely N-dealkylation sites (N-methyl/N-ethyl adjacent to an activating group) is 1. The molecule has 0 spiro atoms. The first kappa shape index (κ1) is 14.2. The van der Waals surface area contributed by atoms with Crippen molar-refractivity contribution in [2.45, 2.75) is 18.9 Å². The molecular formula is C16H18N2O2S. The zero-order valence-corrected chi connectivity index (χ0v) is 12.7. The van der Waals surface area contributed by atoms with E-state index in [-0.39, 0.29) is 5.91 Å². The van der Waals surface area contributed by atoms with Crippen LogP contribution < -0.4 is 0 Å². The number of hydrogen-bond donors (Lipinski definition) is 1. The molecule has 1 N–H and O–H groups in total. The predicted molar refractivity (Wildman–Crippen MR) is 83.2 cm³/mol. The van der Waals surface area contributed by atoms with Crippen molar-refractivity contribution >= 4 is 17.2 Å². The summed E-state index contributed by atoms with van der Waals surface area (Å²) in [6.07, 6.45) is 3.36. The van der Waals surface area contributed by atoms with Crippen LogP contribution in [0.15, 0.2) is 36.5 Å². The molecule has 1 fully saturated rings. The maximum Gasteiger partial charge on any atom is 0.265 e. The lowest BCUT2D eigenvalue weighted by atomic mass is 10.2. The lowest BCUT2D eigenvalue weighted by molar-refractivity contribution is 0.0649. The fourth-order valence-corrected chi connectivity index (χ4v) is 3.19. The lowest BCUT2D eigenvalue weighted by Crippen LogP contribution is -2.34. The average Bonchev–Trinajstić information content (AvgIpc) is 3.25. The van der Waals surface area contributed by atoms with E-state index in [4.69, 9.17) is 0 Å². The summed E-state index contributed by atoms with van der Waals surface area (Å²) in [5, 5.41) is 10.8. The van der Waals surface area contributed by atoms with Crippen molar-refractivity contribution in [3.63, 3.8) is 0 Å². The highest BCUT2D eigenvalue weighted by atomic mass is 32.1. The molecule has 1 aromatic heterocycles. The van der Waals surface area contributed by atoms with Gasteiger partial charge in [0.2, 0.25) is 0 Å². The maximum absolute atomic E-state index is 12.4. The van der Waals surface area contributed by atoms with Gasteiger partial charge in [-0.05, 0) is 18.8 Å². The standard InChI is InChI=1S/C16H18N2O2S/c1-18(10-13(19)11-7-8-11)16(20)14-9-17-15(21-14)12-5-3-2-4-6-12/h2-6,9,11,13,19H,7-8,10H2,1H3. The molecule has 5 heteroatoms. The zero-order chi connectivity index (χ0) is 14.8. The van der Waals surface area contributed by atoms with Gasteiger partial charge in [-0.3, -0.25) is 4.79 Å². The summed E-state index contributed by atoms with van der Waals surface area (Å²) >= 11 is 1.39. The largest absolute Gasteiger partial charge is 0.391 e. The highest BCUT2D eigenvalue weighted by Gasteiger charge is 2.31. The van der Waals surface area contributed by atoms with Crippen LogP contribution in [-0.2, 0) is 0 Å². The van der Waals surface area contributed by atoms with Gasteiger partial charge in [-0.2, -0.15) is 0 Å². The average molecular weight is 302 g/mol. The number of carbonyl (C=O) groups excluding carboxylic acids is 1. The molecule has 3 rings (SSSR count). The Hall–Kier alpha value is -1.72. The summed E-state index contributed by atoms with van der Waals surface area (Å²) in [5.74, 6) is 0.302. The van der Waals surface area contributed by atoms with Crippen LogP contribution in [0.1, 0.15) is 22.5 Å². The summed E-state index contributed by atoms with van der Waals surface area (Å²) in [5.41, 5.74) is 1.02. The summed E-state index contributed by atoms with van der Waals surface area (Å²) in [6.45, 7) is 0.391. The van der Waals surface area contributed by atoms with E-state index in [1.54, 1.807) is 18.1 Å². The van der Waals surface area contributed by atoms with Gasteiger partial charge < -0.3 is 10.0 Å². The van der Waals surface area contributed by atoms with Crippen molar-refractivity contribution < 1.29 is 9.90 Å². The van der Waals surface area contributed by atoms with Gasteiger partial charge in [0.25, 0.3) is 5.91 Å². The first-order chi connectivity index (χ1) is 10.1. The van der Waals surface area contributed by atoms with E-state index in [1.165, 1.54) is 11.3 Å². The third-order valence-corrected chi connectivity index (χ3v) is 4.75. The molecule has 0 aliphatic heterocycles. The number of aromatic nitrogens is 1. The van der Waals surface area contributed by atoms with Crippen LogP contribution in [-0.4, -0.2) is 40.6 Å². The monoisotopic (exact) mass is 302 g/mol. The van der Waals surface area contributed by atoms with Crippen LogP contribution in [0.3, 0.4) is 0 Å². The molecule has 21 heavy (non-hydrogen) atoms. The van der Waals surface area contributed by atoms with Crippen LogP contribution in [0.2, 0.25) is 0 Å². The molecule has 4 nitrogen and oxygen atoms in total. The number of aliphatic hydroxyl groups is 1. The number of benzene rings is 1. The van der Waals surface area contributed by atoms with E-state index in [2.05, 4.69) is 4.98 Å². The Labute approximate surface area is 128 Å². The van der Waals surface area contributed by atoms with Crippen molar-refractivity contribution in [1.82, 2.24) is 9.88 Å². The molecule has 0 radical (unpaired) electrons. The molecule has 0 saturated heterocycles. The summed E-state index contributed by atoms with van der Waals surface area (Å²) < 4.78 is 0. The molecule has 1 aromatic carbocycles. The Kier molecular flexibility index (Phi) is 4.03. The minimum atomic E-state index is -0.402. The van der Waals surface area contributed by atoms with Gasteiger partial charge in [-0.1, -0.05) is 30.3 Å². The van der Waals surface area contributed by atoms with E-state index in [9.17, 15) is 9.90 Å². The molecule has 1 saturated carbocycles. The number of nitrogens with zero attached hydrogens (tertiary/aromatic N) is 2. The van der Waals surface area contributed by atoms with Crippen molar-refractivity contribution in [2.75, 3.05) is 13.6 Å². The molecule has 1 aliphatic carbocycles. The number of aliphatic hydroxyl groups excluding tert-OH is 1. The predicted octanol–water partition coefficient (Wildman–Crippen LogP) is 2.65. The van der Waals surface area contributed by atoms with Gasteiger partial charge in [-0.25, -0.2) is 4.98 Å². The topological polar surface area (TPSA) is 53.4 Å². The SMILES string of the molecule is CN(CC(O)C1CC1)C(=O)c1cnc(-c2ccccc2)s1. The number of amides is 1. The third kappa shape index (κ3) is 3.31. The van der Waals surface area contributed by atoms with E-state index in [0.717, 1.165) is 23.4 Å². The van der Waals surface area contributed by atoms with Crippen LogP contribution in [0.25, 0.3) is 10.6 Å². The van der Waals surface area contributed by atoms with Crippen LogP contribution in [0.5, 0.6) is 0 Å². The number of thiazole rings is 1. The second-order valence-electron chi connectivity index (χ2n) is 5.49. The Morgan fingerprint density at radius 3 is 2.81 bits per heavy atom. The van der Waals surface area contributed by atoms with Gasteiger partial charge in [0, 0.05) is 19.2 Å². The molecule has 1 amide bonds. The number of carbonyl (C=O) groups is 1. The quantitative estimate of drug-likeness (QED) is 0.924. The van der Waals surface area contributed by atoms with E-state index < -0.39 is 6.10 Å². The minimum absolute atomic E-state index is 0.0746. The second kappa shape index (κ2) is 5.95. The lowest BCUT2D eigenvalue weighted by Gasteiger charge is -2.19. The van der Waals surface area contributed by atoms with Gasteiger partial charge in [0.05, 0.1) is 12.3 Å².